The fourth-order valence-corrected chi connectivity index (χ4v) is 6.71. The zero-order valence-electron chi connectivity index (χ0n) is 26.3. The minimum absolute atomic E-state index is 0.112. The van der Waals surface area contributed by atoms with E-state index in [0.717, 1.165) is 53.8 Å². The number of aromatic nitrogens is 1. The van der Waals surface area contributed by atoms with Gasteiger partial charge in [-0.3, -0.25) is 14.5 Å². The maximum atomic E-state index is 13.8. The third-order valence-electron chi connectivity index (χ3n) is 9.17. The second kappa shape index (κ2) is 12.7. The van der Waals surface area contributed by atoms with Crippen molar-refractivity contribution in [3.05, 3.63) is 131 Å². The number of carbonyl (C=O) groups excluding carboxylic acids is 2. The van der Waals surface area contributed by atoms with Crippen LogP contribution in [-0.2, 0) is 18.4 Å². The predicted octanol–water partition coefficient (Wildman–Crippen LogP) is 7.59. The molecule has 2 amide bonds. The van der Waals surface area contributed by atoms with E-state index in [1.165, 1.54) is 18.4 Å². The Hall–Kier alpha value is -5.14. The number of hydrogen-bond donors (Lipinski definition) is 3. The van der Waals surface area contributed by atoms with Gasteiger partial charge in [0.1, 0.15) is 0 Å². The van der Waals surface area contributed by atoms with Crippen molar-refractivity contribution in [1.29, 1.82) is 0 Å². The summed E-state index contributed by atoms with van der Waals surface area (Å²) >= 11 is 0. The van der Waals surface area contributed by atoms with Crippen LogP contribution in [0.15, 0.2) is 103 Å². The lowest BCUT2D eigenvalue weighted by molar-refractivity contribution is -0.110. The van der Waals surface area contributed by atoms with Crippen molar-refractivity contribution in [2.45, 2.75) is 38.8 Å². The van der Waals surface area contributed by atoms with Crippen molar-refractivity contribution in [2.75, 3.05) is 23.7 Å². The lowest BCUT2D eigenvalue weighted by Gasteiger charge is -2.19. The average Bonchev–Trinajstić information content (AvgIpc) is 3.81. The summed E-state index contributed by atoms with van der Waals surface area (Å²) in [7, 11) is 2.03. The third-order valence-corrected chi connectivity index (χ3v) is 9.17. The van der Waals surface area contributed by atoms with Crippen molar-refractivity contribution in [3.8, 4) is 0 Å². The Labute approximate surface area is 269 Å². The number of aryl methyl sites for hydroxylation is 1. The van der Waals surface area contributed by atoms with Crippen LogP contribution in [0.25, 0.3) is 22.2 Å². The summed E-state index contributed by atoms with van der Waals surface area (Å²) in [6.45, 7) is 5.22. The molecule has 1 fully saturated rings. The smallest absolute Gasteiger partial charge is 0.258 e. The number of amides is 2. The molecule has 0 bridgehead atoms. The van der Waals surface area contributed by atoms with Crippen LogP contribution in [0.5, 0.6) is 0 Å². The van der Waals surface area contributed by atoms with Crippen LogP contribution in [0.3, 0.4) is 0 Å². The number of rotatable bonds is 9. The topological polar surface area (TPSA) is 78.4 Å². The summed E-state index contributed by atoms with van der Waals surface area (Å²) in [5.74, 6) is -0.376. The Kier molecular flexibility index (Phi) is 8.16. The Balaban J connectivity index is 1.28. The van der Waals surface area contributed by atoms with E-state index in [1.54, 1.807) is 6.07 Å². The SMILES string of the molecule is CC[C@@H](NC(=O)c1ccc2c(c1)C(=C(Nc1cccc(CN3CCCC3)c1)c1ccc3c(ccn3C)c1)C(=O)N2)c1ccccc1. The van der Waals surface area contributed by atoms with Gasteiger partial charge < -0.3 is 20.5 Å². The third kappa shape index (κ3) is 5.94. The predicted molar refractivity (Wildman–Crippen MR) is 186 cm³/mol. The number of carbonyl (C=O) groups is 2. The van der Waals surface area contributed by atoms with E-state index in [0.29, 0.717) is 28.1 Å². The molecule has 2 aliphatic rings. The molecule has 7 nitrogen and oxygen atoms in total. The molecule has 1 atom stereocenters. The van der Waals surface area contributed by atoms with Gasteiger partial charge in [-0.25, -0.2) is 0 Å². The van der Waals surface area contributed by atoms with Crippen molar-refractivity contribution in [1.82, 2.24) is 14.8 Å². The van der Waals surface area contributed by atoms with Crippen molar-refractivity contribution in [3.63, 3.8) is 0 Å². The molecular formula is C39H39N5O2. The second-order valence-electron chi connectivity index (χ2n) is 12.3. The molecule has 0 aliphatic carbocycles. The molecule has 0 saturated carbocycles. The molecule has 1 saturated heterocycles. The Morgan fingerprint density at radius 2 is 1.70 bits per heavy atom. The van der Waals surface area contributed by atoms with Crippen LogP contribution in [0.4, 0.5) is 11.4 Å². The maximum Gasteiger partial charge on any atom is 0.258 e. The van der Waals surface area contributed by atoms with Crippen molar-refractivity contribution in [2.24, 2.45) is 7.05 Å². The highest BCUT2D eigenvalue weighted by Crippen LogP contribution is 2.39. The Bertz CT molecular complexity index is 1950. The molecule has 5 aromatic rings. The van der Waals surface area contributed by atoms with Gasteiger partial charge >= 0.3 is 0 Å². The minimum atomic E-state index is -0.202. The molecule has 0 radical (unpaired) electrons. The summed E-state index contributed by atoms with van der Waals surface area (Å²) in [6, 6.07) is 32.1. The van der Waals surface area contributed by atoms with Crippen LogP contribution in [0.2, 0.25) is 0 Å². The molecule has 3 heterocycles. The molecule has 2 aliphatic heterocycles. The molecule has 7 rings (SSSR count). The molecule has 1 aromatic heterocycles. The number of nitrogens with zero attached hydrogens (tertiary/aromatic N) is 2. The fraction of sp³-hybridized carbons (Fsp3) is 0.231. The van der Waals surface area contributed by atoms with Gasteiger partial charge in [0.25, 0.3) is 11.8 Å². The molecule has 7 heteroatoms. The number of fused-ring (bicyclic) bond motifs is 2. The van der Waals surface area contributed by atoms with E-state index < -0.39 is 0 Å². The van der Waals surface area contributed by atoms with Gasteiger partial charge in [0.05, 0.1) is 17.3 Å². The molecule has 46 heavy (non-hydrogen) atoms. The minimum Gasteiger partial charge on any atom is -0.354 e. The van der Waals surface area contributed by atoms with E-state index >= 15 is 0 Å². The fourth-order valence-electron chi connectivity index (χ4n) is 6.71. The van der Waals surface area contributed by atoms with E-state index in [4.69, 9.17) is 0 Å². The molecule has 3 N–H and O–H groups in total. The number of nitrogens with one attached hydrogen (secondary N) is 3. The number of anilines is 2. The first kappa shape index (κ1) is 29.6. The van der Waals surface area contributed by atoms with Gasteiger partial charge in [0, 0.05) is 53.2 Å². The number of benzene rings is 4. The van der Waals surface area contributed by atoms with Crippen LogP contribution < -0.4 is 16.0 Å². The highest BCUT2D eigenvalue weighted by molar-refractivity contribution is 6.37. The van der Waals surface area contributed by atoms with Crippen LogP contribution >= 0.6 is 0 Å². The highest BCUT2D eigenvalue weighted by atomic mass is 16.2. The quantitative estimate of drug-likeness (QED) is 0.151. The lowest BCUT2D eigenvalue weighted by atomic mass is 9.97. The lowest BCUT2D eigenvalue weighted by Crippen LogP contribution is -2.28. The van der Waals surface area contributed by atoms with E-state index in [-0.39, 0.29) is 17.9 Å². The normalized spacial score (nSPS) is 16.3. The number of hydrogen-bond acceptors (Lipinski definition) is 4. The van der Waals surface area contributed by atoms with Crippen molar-refractivity contribution >= 4 is 45.4 Å². The summed E-state index contributed by atoms with van der Waals surface area (Å²) in [5.41, 5.74) is 8.33. The first-order valence-corrected chi connectivity index (χ1v) is 16.2. The first-order chi connectivity index (χ1) is 22.5. The van der Waals surface area contributed by atoms with Crippen LogP contribution in [0, 0.1) is 0 Å². The van der Waals surface area contributed by atoms with Gasteiger partial charge in [-0.2, -0.15) is 0 Å². The standard InChI is InChI=1S/C39H39N5O2/c1-3-33(27-11-5-4-6-12-27)41-38(45)30-14-16-34-32(24-30)36(39(46)42-34)37(29-15-17-35-28(23-29)18-21-43(35)2)40-31-13-9-10-26(22-31)25-44-19-7-8-20-44/h4-6,9-18,21-24,33,40H,3,7-8,19-20,25H2,1-2H3,(H,41,45)(H,42,46)/t33-/m1/s1. The second-order valence-corrected chi connectivity index (χ2v) is 12.3. The van der Waals surface area contributed by atoms with Gasteiger partial charge in [-0.05, 0) is 97.6 Å². The van der Waals surface area contributed by atoms with Gasteiger partial charge in [-0.1, -0.05) is 55.5 Å². The number of likely N-dealkylation sites (tertiary alicyclic amines) is 1. The zero-order chi connectivity index (χ0) is 31.6. The molecular weight excluding hydrogens is 570 g/mol. The van der Waals surface area contributed by atoms with E-state index in [1.807, 2.05) is 61.8 Å². The monoisotopic (exact) mass is 609 g/mol. The average molecular weight is 610 g/mol. The summed E-state index contributed by atoms with van der Waals surface area (Å²) < 4.78 is 2.09. The van der Waals surface area contributed by atoms with Crippen LogP contribution in [-0.4, -0.2) is 34.4 Å². The maximum absolute atomic E-state index is 13.8. The molecule has 4 aromatic carbocycles. The molecule has 232 valence electrons. The van der Waals surface area contributed by atoms with E-state index in [9.17, 15) is 9.59 Å². The van der Waals surface area contributed by atoms with Gasteiger partial charge in [0.15, 0.2) is 0 Å². The summed E-state index contributed by atoms with van der Waals surface area (Å²) in [6.07, 6.45) is 5.29. The summed E-state index contributed by atoms with van der Waals surface area (Å²) in [4.78, 5) is 29.8. The van der Waals surface area contributed by atoms with Gasteiger partial charge in [0.2, 0.25) is 0 Å². The summed E-state index contributed by atoms with van der Waals surface area (Å²) in [5, 5.41) is 11.0. The van der Waals surface area contributed by atoms with E-state index in [2.05, 4.69) is 74.8 Å². The Morgan fingerprint density at radius 1 is 0.891 bits per heavy atom. The Morgan fingerprint density at radius 3 is 2.50 bits per heavy atom. The van der Waals surface area contributed by atoms with Crippen molar-refractivity contribution < 1.29 is 9.59 Å². The first-order valence-electron chi connectivity index (χ1n) is 16.2. The molecule has 0 unspecified atom stereocenters. The highest BCUT2D eigenvalue weighted by Gasteiger charge is 2.30. The van der Waals surface area contributed by atoms with Gasteiger partial charge in [-0.15, -0.1) is 0 Å². The van der Waals surface area contributed by atoms with Crippen LogP contribution in [0.1, 0.15) is 64.8 Å². The largest absolute Gasteiger partial charge is 0.354 e. The molecule has 0 spiro atoms. The zero-order valence-corrected chi connectivity index (χ0v) is 26.3.